The molecule has 1 saturated heterocycles. The maximum atomic E-state index is 4.80. The smallest absolute Gasteiger partial charge is 0.191 e. The van der Waals surface area contributed by atoms with Gasteiger partial charge in [-0.25, -0.2) is 0 Å². The molecule has 1 aliphatic carbocycles. The molecule has 1 aliphatic heterocycles. The van der Waals surface area contributed by atoms with E-state index in [1.54, 1.807) is 0 Å². The third kappa shape index (κ3) is 6.06. The maximum Gasteiger partial charge on any atom is 0.191 e. The minimum absolute atomic E-state index is 0. The standard InChI is InChI=1S/C22H35N7.HI/c1-2-23-22(24-14-11-21-27-26-20-10-6-7-15-29(20)21)25-18-12-16-28(17-13-18)19-8-4-3-5-9-19;/h6-7,10,15,18-19H,2-5,8-9,11-14,16-17H2,1H3,(H2,23,24,25);1H. The van der Waals surface area contributed by atoms with Gasteiger partial charge in [-0.2, -0.15) is 0 Å². The zero-order valence-electron chi connectivity index (χ0n) is 18.1. The fraction of sp³-hybridized carbons (Fsp3) is 0.682. The average molecular weight is 525 g/mol. The van der Waals surface area contributed by atoms with E-state index in [0.29, 0.717) is 12.6 Å². The summed E-state index contributed by atoms with van der Waals surface area (Å²) in [6.45, 7) is 6.13. The number of aromatic nitrogens is 3. The molecule has 2 aliphatic rings. The summed E-state index contributed by atoms with van der Waals surface area (Å²) in [7, 11) is 0. The number of fused-ring (bicyclic) bond motifs is 1. The van der Waals surface area contributed by atoms with E-state index >= 15 is 0 Å². The predicted octanol–water partition coefficient (Wildman–Crippen LogP) is 3.24. The third-order valence-corrected chi connectivity index (χ3v) is 6.30. The van der Waals surface area contributed by atoms with Crippen molar-refractivity contribution < 1.29 is 0 Å². The molecule has 2 fully saturated rings. The summed E-state index contributed by atoms with van der Waals surface area (Å²) < 4.78 is 2.04. The Labute approximate surface area is 197 Å². The van der Waals surface area contributed by atoms with Crippen molar-refractivity contribution in [3.63, 3.8) is 0 Å². The first-order valence-corrected chi connectivity index (χ1v) is 11.4. The van der Waals surface area contributed by atoms with E-state index < -0.39 is 0 Å². The zero-order valence-corrected chi connectivity index (χ0v) is 20.4. The van der Waals surface area contributed by atoms with Crippen molar-refractivity contribution in [1.29, 1.82) is 0 Å². The summed E-state index contributed by atoms with van der Waals surface area (Å²) in [4.78, 5) is 7.53. The number of hydrogen-bond donors (Lipinski definition) is 2. The van der Waals surface area contributed by atoms with Crippen LogP contribution in [0.2, 0.25) is 0 Å². The summed E-state index contributed by atoms with van der Waals surface area (Å²) in [6.07, 6.45) is 12.3. The lowest BCUT2D eigenvalue weighted by Crippen LogP contribution is -2.51. The van der Waals surface area contributed by atoms with Gasteiger partial charge in [-0.15, -0.1) is 34.2 Å². The molecule has 3 heterocycles. The van der Waals surface area contributed by atoms with Crippen molar-refractivity contribution in [2.75, 3.05) is 26.2 Å². The lowest BCUT2D eigenvalue weighted by molar-refractivity contribution is 0.119. The third-order valence-electron chi connectivity index (χ3n) is 6.30. The molecular weight excluding hydrogens is 489 g/mol. The number of piperidine rings is 1. The van der Waals surface area contributed by atoms with Crippen LogP contribution in [0.5, 0.6) is 0 Å². The summed E-state index contributed by atoms with van der Waals surface area (Å²) in [5.41, 5.74) is 0.890. The van der Waals surface area contributed by atoms with E-state index in [1.807, 2.05) is 28.8 Å². The second-order valence-corrected chi connectivity index (χ2v) is 8.30. The topological polar surface area (TPSA) is 69.8 Å². The van der Waals surface area contributed by atoms with Gasteiger partial charge in [0.15, 0.2) is 11.6 Å². The highest BCUT2D eigenvalue weighted by molar-refractivity contribution is 14.0. The molecule has 30 heavy (non-hydrogen) atoms. The van der Waals surface area contributed by atoms with Crippen molar-refractivity contribution in [2.24, 2.45) is 4.99 Å². The molecule has 8 heteroatoms. The minimum atomic E-state index is 0. The molecule has 0 bridgehead atoms. The fourth-order valence-corrected chi connectivity index (χ4v) is 4.70. The second-order valence-electron chi connectivity index (χ2n) is 8.30. The number of likely N-dealkylation sites (tertiary alicyclic amines) is 1. The molecule has 0 unspecified atom stereocenters. The first kappa shape index (κ1) is 23.2. The van der Waals surface area contributed by atoms with Crippen LogP contribution in [0, 0.1) is 0 Å². The zero-order chi connectivity index (χ0) is 19.9. The second kappa shape index (κ2) is 11.8. The largest absolute Gasteiger partial charge is 0.357 e. The van der Waals surface area contributed by atoms with E-state index in [0.717, 1.165) is 36.4 Å². The van der Waals surface area contributed by atoms with Crippen molar-refractivity contribution >= 4 is 35.6 Å². The molecule has 166 valence electrons. The van der Waals surface area contributed by atoms with Crippen LogP contribution in [0.1, 0.15) is 57.7 Å². The summed E-state index contributed by atoms with van der Waals surface area (Å²) >= 11 is 0. The maximum absolute atomic E-state index is 4.80. The molecule has 0 spiro atoms. The van der Waals surface area contributed by atoms with Crippen molar-refractivity contribution in [1.82, 2.24) is 30.1 Å². The quantitative estimate of drug-likeness (QED) is 0.345. The highest BCUT2D eigenvalue weighted by Crippen LogP contribution is 2.25. The first-order valence-electron chi connectivity index (χ1n) is 11.4. The Morgan fingerprint density at radius 3 is 2.67 bits per heavy atom. The molecule has 2 aromatic heterocycles. The van der Waals surface area contributed by atoms with E-state index in [2.05, 4.69) is 32.7 Å². The Morgan fingerprint density at radius 1 is 1.10 bits per heavy atom. The van der Waals surface area contributed by atoms with Crippen LogP contribution >= 0.6 is 24.0 Å². The number of pyridine rings is 1. The summed E-state index contributed by atoms with van der Waals surface area (Å²) in [5.74, 6) is 1.89. The van der Waals surface area contributed by atoms with Gasteiger partial charge >= 0.3 is 0 Å². The van der Waals surface area contributed by atoms with Gasteiger partial charge in [0.05, 0.1) is 0 Å². The van der Waals surface area contributed by atoms with Crippen LogP contribution in [-0.2, 0) is 6.42 Å². The van der Waals surface area contributed by atoms with Gasteiger partial charge in [0.25, 0.3) is 0 Å². The number of rotatable bonds is 6. The molecule has 2 N–H and O–H groups in total. The van der Waals surface area contributed by atoms with E-state index in [4.69, 9.17) is 4.99 Å². The molecule has 2 aromatic rings. The van der Waals surface area contributed by atoms with Crippen molar-refractivity contribution in [2.45, 2.75) is 70.4 Å². The van der Waals surface area contributed by atoms with Crippen LogP contribution in [0.3, 0.4) is 0 Å². The molecule has 7 nitrogen and oxygen atoms in total. The van der Waals surface area contributed by atoms with Crippen LogP contribution in [0.4, 0.5) is 0 Å². The number of nitrogens with one attached hydrogen (secondary N) is 2. The molecule has 0 amide bonds. The molecular formula is C22H36IN7. The Kier molecular flexibility index (Phi) is 9.17. The van der Waals surface area contributed by atoms with Crippen LogP contribution in [-0.4, -0.2) is 63.7 Å². The van der Waals surface area contributed by atoms with E-state index in [9.17, 15) is 0 Å². The summed E-state index contributed by atoms with van der Waals surface area (Å²) in [6, 6.07) is 7.32. The molecule has 0 aromatic carbocycles. The van der Waals surface area contributed by atoms with Gasteiger partial charge in [-0.1, -0.05) is 25.3 Å². The number of nitrogens with zero attached hydrogens (tertiary/aromatic N) is 5. The number of halogens is 1. The van der Waals surface area contributed by atoms with Crippen molar-refractivity contribution in [3.05, 3.63) is 30.2 Å². The SMILES string of the molecule is CCNC(=NCCc1nnc2ccccn12)NC1CCN(C2CCCCC2)CC1.I. The van der Waals surface area contributed by atoms with Gasteiger partial charge in [-0.05, 0) is 44.7 Å². The Balaban J connectivity index is 0.00000256. The average Bonchev–Trinajstić information content (AvgIpc) is 3.18. The van der Waals surface area contributed by atoms with E-state index in [-0.39, 0.29) is 24.0 Å². The van der Waals surface area contributed by atoms with Crippen LogP contribution in [0.15, 0.2) is 29.4 Å². The monoisotopic (exact) mass is 525 g/mol. The lowest BCUT2D eigenvalue weighted by atomic mass is 9.92. The Morgan fingerprint density at radius 2 is 1.90 bits per heavy atom. The summed E-state index contributed by atoms with van der Waals surface area (Å²) in [5, 5.41) is 15.6. The fourth-order valence-electron chi connectivity index (χ4n) is 4.70. The normalized spacial score (nSPS) is 19.6. The number of aliphatic imine (C=N–C) groups is 1. The van der Waals surface area contributed by atoms with Crippen molar-refractivity contribution in [3.8, 4) is 0 Å². The van der Waals surface area contributed by atoms with Gasteiger partial charge in [-0.3, -0.25) is 9.39 Å². The lowest BCUT2D eigenvalue weighted by Gasteiger charge is -2.39. The first-order chi connectivity index (χ1) is 14.3. The van der Waals surface area contributed by atoms with Crippen LogP contribution < -0.4 is 10.6 Å². The van der Waals surface area contributed by atoms with Gasteiger partial charge in [0, 0.05) is 50.9 Å². The molecule has 0 radical (unpaired) electrons. The molecule has 0 atom stereocenters. The van der Waals surface area contributed by atoms with E-state index in [1.165, 1.54) is 58.0 Å². The van der Waals surface area contributed by atoms with Crippen LogP contribution in [0.25, 0.3) is 5.65 Å². The Hall–Kier alpha value is -1.42. The highest BCUT2D eigenvalue weighted by Gasteiger charge is 2.26. The Bertz CT molecular complexity index is 792. The molecule has 1 saturated carbocycles. The van der Waals surface area contributed by atoms with Gasteiger partial charge < -0.3 is 15.5 Å². The molecule has 4 rings (SSSR count). The highest BCUT2D eigenvalue weighted by atomic mass is 127. The predicted molar refractivity (Wildman–Crippen MR) is 133 cm³/mol. The van der Waals surface area contributed by atoms with Gasteiger partial charge in [0.1, 0.15) is 5.82 Å². The number of hydrogen-bond acceptors (Lipinski definition) is 4. The minimum Gasteiger partial charge on any atom is -0.357 e. The number of guanidine groups is 1. The van der Waals surface area contributed by atoms with Gasteiger partial charge in [0.2, 0.25) is 0 Å².